The predicted molar refractivity (Wildman–Crippen MR) is 122 cm³/mol. The van der Waals surface area contributed by atoms with Gasteiger partial charge in [0, 0.05) is 51.9 Å². The third kappa shape index (κ3) is 6.47. The Morgan fingerprint density at radius 1 is 1.13 bits per heavy atom. The molecule has 0 atom stereocenters. The Balaban J connectivity index is 1.24. The minimum atomic E-state index is 0.412. The summed E-state index contributed by atoms with van der Waals surface area (Å²) >= 11 is 0. The minimum Gasteiger partial charge on any atom is -0.490 e. The lowest BCUT2D eigenvalue weighted by Crippen LogP contribution is -2.52. The van der Waals surface area contributed by atoms with Crippen LogP contribution >= 0.6 is 0 Å². The molecule has 7 heteroatoms. The van der Waals surface area contributed by atoms with E-state index in [4.69, 9.17) is 14.3 Å². The van der Waals surface area contributed by atoms with Crippen LogP contribution in [0.3, 0.4) is 0 Å². The van der Waals surface area contributed by atoms with E-state index >= 15 is 0 Å². The Hall–Kier alpha value is -2.54. The number of hydrogen-bond donors (Lipinski definition) is 1. The van der Waals surface area contributed by atoms with Gasteiger partial charge in [0.25, 0.3) is 0 Å². The molecule has 4 rings (SSSR count). The molecule has 0 unspecified atom stereocenters. The van der Waals surface area contributed by atoms with Crippen molar-refractivity contribution in [1.29, 1.82) is 0 Å². The number of nitrogens with one attached hydrogen (secondary N) is 1. The second kappa shape index (κ2) is 11.2. The van der Waals surface area contributed by atoms with Crippen molar-refractivity contribution in [3.05, 3.63) is 47.9 Å². The fraction of sp³-hybridized carbons (Fsp3) is 0.583. The summed E-state index contributed by atoms with van der Waals surface area (Å²) in [6.45, 7) is 8.57. The van der Waals surface area contributed by atoms with Crippen LogP contribution in [0.2, 0.25) is 0 Å². The summed E-state index contributed by atoms with van der Waals surface area (Å²) in [7, 11) is 0. The van der Waals surface area contributed by atoms with Crippen LogP contribution in [0.25, 0.3) is 0 Å². The van der Waals surface area contributed by atoms with E-state index in [0.29, 0.717) is 6.10 Å². The Morgan fingerprint density at radius 2 is 1.90 bits per heavy atom. The monoisotopic (exact) mass is 425 g/mol. The highest BCUT2D eigenvalue weighted by atomic mass is 16.5. The molecule has 31 heavy (non-hydrogen) atoms. The molecule has 1 aliphatic heterocycles. The molecular weight excluding hydrogens is 390 g/mol. The number of aromatic nitrogens is 1. The number of nitrogens with zero attached hydrogens (tertiary/aromatic N) is 4. The number of benzene rings is 1. The lowest BCUT2D eigenvalue weighted by molar-refractivity contribution is 0.169. The summed E-state index contributed by atoms with van der Waals surface area (Å²) in [6, 6.07) is 10.5. The van der Waals surface area contributed by atoms with Crippen LogP contribution in [0.15, 0.2) is 46.1 Å². The molecule has 1 saturated carbocycles. The Bertz CT molecular complexity index is 792. The number of rotatable bonds is 8. The number of hydrogen-bond acceptors (Lipinski definition) is 5. The van der Waals surface area contributed by atoms with E-state index in [9.17, 15) is 0 Å². The molecule has 1 N–H and O–H groups in total. The first-order chi connectivity index (χ1) is 15.3. The van der Waals surface area contributed by atoms with Gasteiger partial charge in [-0.15, -0.1) is 0 Å². The SMILES string of the molecule is CCNC(=NCCc1ccc(OC2CCCC2)cc1)N1CCN(Cc2ccon2)CC1. The fourth-order valence-electron chi connectivity index (χ4n) is 4.32. The summed E-state index contributed by atoms with van der Waals surface area (Å²) in [5, 5.41) is 7.48. The molecule has 0 amide bonds. The van der Waals surface area contributed by atoms with Gasteiger partial charge >= 0.3 is 0 Å². The van der Waals surface area contributed by atoms with E-state index in [-0.39, 0.29) is 0 Å². The summed E-state index contributed by atoms with van der Waals surface area (Å²) in [5.41, 5.74) is 2.30. The van der Waals surface area contributed by atoms with Crippen molar-refractivity contribution in [3.63, 3.8) is 0 Å². The Kier molecular flexibility index (Phi) is 7.82. The largest absolute Gasteiger partial charge is 0.490 e. The Labute approximate surface area is 185 Å². The zero-order valence-electron chi connectivity index (χ0n) is 18.6. The van der Waals surface area contributed by atoms with E-state index in [1.54, 1.807) is 6.26 Å². The smallest absolute Gasteiger partial charge is 0.194 e. The molecule has 2 heterocycles. The Morgan fingerprint density at radius 3 is 2.58 bits per heavy atom. The molecule has 1 aromatic carbocycles. The molecule has 1 aliphatic carbocycles. The quantitative estimate of drug-likeness (QED) is 0.517. The molecule has 2 aromatic rings. The topological polar surface area (TPSA) is 66.1 Å². The molecule has 7 nitrogen and oxygen atoms in total. The van der Waals surface area contributed by atoms with Gasteiger partial charge in [-0.25, -0.2) is 0 Å². The van der Waals surface area contributed by atoms with Crippen molar-refractivity contribution in [1.82, 2.24) is 20.3 Å². The molecule has 0 spiro atoms. The van der Waals surface area contributed by atoms with E-state index in [1.165, 1.54) is 31.2 Å². The van der Waals surface area contributed by atoms with Crippen molar-refractivity contribution in [3.8, 4) is 5.75 Å². The number of aliphatic imine (C=N–C) groups is 1. The average Bonchev–Trinajstić information content (AvgIpc) is 3.49. The van der Waals surface area contributed by atoms with Gasteiger partial charge in [-0.05, 0) is 56.7 Å². The van der Waals surface area contributed by atoms with Crippen LogP contribution in [0, 0.1) is 0 Å². The van der Waals surface area contributed by atoms with Crippen LogP contribution in [-0.4, -0.2) is 66.3 Å². The molecule has 2 aliphatic rings. The highest BCUT2D eigenvalue weighted by Gasteiger charge is 2.20. The first kappa shape index (κ1) is 21.7. The molecular formula is C24H35N5O2. The highest BCUT2D eigenvalue weighted by Crippen LogP contribution is 2.24. The van der Waals surface area contributed by atoms with Gasteiger partial charge in [0.1, 0.15) is 12.0 Å². The normalized spacial score (nSPS) is 18.5. The third-order valence-corrected chi connectivity index (χ3v) is 6.07. The van der Waals surface area contributed by atoms with Crippen molar-refractivity contribution < 1.29 is 9.26 Å². The van der Waals surface area contributed by atoms with E-state index in [0.717, 1.165) is 69.6 Å². The number of ether oxygens (including phenoxy) is 1. The zero-order chi connectivity index (χ0) is 21.3. The van der Waals surface area contributed by atoms with E-state index in [2.05, 4.69) is 51.5 Å². The number of piperazine rings is 1. The van der Waals surface area contributed by atoms with Crippen LogP contribution in [0.5, 0.6) is 5.75 Å². The van der Waals surface area contributed by atoms with Crippen LogP contribution in [0.1, 0.15) is 43.9 Å². The van der Waals surface area contributed by atoms with Gasteiger partial charge < -0.3 is 19.5 Å². The second-order valence-electron chi connectivity index (χ2n) is 8.41. The molecule has 0 bridgehead atoms. The zero-order valence-corrected chi connectivity index (χ0v) is 18.6. The lowest BCUT2D eigenvalue weighted by Gasteiger charge is -2.36. The minimum absolute atomic E-state index is 0.412. The fourth-order valence-corrected chi connectivity index (χ4v) is 4.32. The van der Waals surface area contributed by atoms with Gasteiger partial charge in [0.2, 0.25) is 0 Å². The highest BCUT2D eigenvalue weighted by molar-refractivity contribution is 5.80. The molecule has 0 radical (unpaired) electrons. The van der Waals surface area contributed by atoms with Crippen LogP contribution in [-0.2, 0) is 13.0 Å². The second-order valence-corrected chi connectivity index (χ2v) is 8.41. The summed E-state index contributed by atoms with van der Waals surface area (Å²) in [5.74, 6) is 2.01. The summed E-state index contributed by atoms with van der Waals surface area (Å²) < 4.78 is 11.0. The van der Waals surface area contributed by atoms with E-state index in [1.807, 2.05) is 6.07 Å². The van der Waals surface area contributed by atoms with Crippen molar-refractivity contribution in [2.45, 2.75) is 51.7 Å². The molecule has 1 saturated heterocycles. The van der Waals surface area contributed by atoms with Crippen molar-refractivity contribution in [2.24, 2.45) is 4.99 Å². The first-order valence-corrected chi connectivity index (χ1v) is 11.7. The van der Waals surface area contributed by atoms with Crippen molar-refractivity contribution >= 4 is 5.96 Å². The van der Waals surface area contributed by atoms with Crippen LogP contribution in [0.4, 0.5) is 0 Å². The van der Waals surface area contributed by atoms with Gasteiger partial charge in [0.05, 0.1) is 11.8 Å². The first-order valence-electron chi connectivity index (χ1n) is 11.7. The maximum atomic E-state index is 6.07. The predicted octanol–water partition coefficient (Wildman–Crippen LogP) is 3.32. The molecule has 2 fully saturated rings. The van der Waals surface area contributed by atoms with Crippen LogP contribution < -0.4 is 10.1 Å². The maximum absolute atomic E-state index is 6.07. The van der Waals surface area contributed by atoms with Gasteiger partial charge in [-0.1, -0.05) is 17.3 Å². The van der Waals surface area contributed by atoms with Gasteiger partial charge in [-0.2, -0.15) is 0 Å². The molecule has 168 valence electrons. The lowest BCUT2D eigenvalue weighted by atomic mass is 10.1. The summed E-state index contributed by atoms with van der Waals surface area (Å²) in [6.07, 6.45) is 7.96. The third-order valence-electron chi connectivity index (χ3n) is 6.07. The molecule has 1 aromatic heterocycles. The van der Waals surface area contributed by atoms with Crippen molar-refractivity contribution in [2.75, 3.05) is 39.3 Å². The average molecular weight is 426 g/mol. The van der Waals surface area contributed by atoms with Gasteiger partial charge in [0.15, 0.2) is 5.96 Å². The van der Waals surface area contributed by atoms with E-state index < -0.39 is 0 Å². The standard InChI is InChI=1S/C24H35N5O2/c1-2-25-24(29-16-14-28(15-17-29)19-21-12-18-30-27-21)26-13-11-20-7-9-23(10-8-20)31-22-5-3-4-6-22/h7-10,12,18,22H,2-6,11,13-17,19H2,1H3,(H,25,26). The summed E-state index contributed by atoms with van der Waals surface area (Å²) in [4.78, 5) is 9.67. The maximum Gasteiger partial charge on any atom is 0.194 e. The van der Waals surface area contributed by atoms with Gasteiger partial charge in [-0.3, -0.25) is 9.89 Å². The number of guanidine groups is 1.